The van der Waals surface area contributed by atoms with E-state index in [1.54, 1.807) is 53.7 Å². The molecule has 2 aromatic carbocycles. The van der Waals surface area contributed by atoms with Crippen LogP contribution < -0.4 is 4.90 Å². The second-order valence-electron chi connectivity index (χ2n) is 7.88. The van der Waals surface area contributed by atoms with Crippen molar-refractivity contribution < 1.29 is 18.7 Å². The first-order valence-corrected chi connectivity index (χ1v) is 10.7. The number of anilines is 1. The summed E-state index contributed by atoms with van der Waals surface area (Å²) in [6.07, 6.45) is 5.01. The molecule has 0 spiro atoms. The fourth-order valence-electron chi connectivity index (χ4n) is 4.13. The highest BCUT2D eigenvalue weighted by atomic mass is 19.1. The van der Waals surface area contributed by atoms with E-state index >= 15 is 0 Å². The summed E-state index contributed by atoms with van der Waals surface area (Å²) in [5.41, 5.74) is 1.72. The number of rotatable bonds is 5. The summed E-state index contributed by atoms with van der Waals surface area (Å²) < 4.78 is 19.9. The molecule has 0 N–H and O–H groups in total. The third kappa shape index (κ3) is 3.84. The summed E-state index contributed by atoms with van der Waals surface area (Å²) in [5.74, 6) is -0.398. The highest BCUT2D eigenvalue weighted by molar-refractivity contribution is 6.06. The quantitative estimate of drug-likeness (QED) is 0.560. The Morgan fingerprint density at radius 1 is 1.15 bits per heavy atom. The lowest BCUT2D eigenvalue weighted by atomic mass is 10.0. The number of carbonyl (C=O) groups is 2. The third-order valence-corrected chi connectivity index (χ3v) is 5.87. The summed E-state index contributed by atoms with van der Waals surface area (Å²) in [4.78, 5) is 37.3. The maximum Gasteiger partial charge on any atom is 0.344 e. The van der Waals surface area contributed by atoms with E-state index < -0.39 is 11.8 Å². The minimum atomic E-state index is -0.590. The molecule has 1 amide bonds. The molecule has 2 aliphatic rings. The number of cyclic esters (lactones) is 1. The van der Waals surface area contributed by atoms with Crippen molar-refractivity contribution in [3.8, 4) is 0 Å². The van der Waals surface area contributed by atoms with Gasteiger partial charge in [0.25, 0.3) is 5.91 Å². The van der Waals surface area contributed by atoms with E-state index in [2.05, 4.69) is 9.97 Å². The van der Waals surface area contributed by atoms with Crippen LogP contribution in [0.15, 0.2) is 60.9 Å². The molecule has 1 aromatic heterocycles. The first-order chi connectivity index (χ1) is 16.0. The number of benzene rings is 2. The van der Waals surface area contributed by atoms with Crippen molar-refractivity contribution in [2.45, 2.75) is 13.0 Å². The lowest BCUT2D eigenvalue weighted by molar-refractivity contribution is 0.0593. The van der Waals surface area contributed by atoms with Crippen LogP contribution in [0.25, 0.3) is 11.8 Å². The number of nitrogens with zero attached hydrogens (tertiary/aromatic N) is 4. The number of halogens is 1. The Morgan fingerprint density at radius 2 is 1.88 bits per heavy atom. The lowest BCUT2D eigenvalue weighted by Gasteiger charge is -2.45. The average Bonchev–Trinajstić information content (AvgIpc) is 3.12. The molecule has 0 bridgehead atoms. The van der Waals surface area contributed by atoms with E-state index in [-0.39, 0.29) is 17.5 Å². The molecule has 0 aliphatic carbocycles. The summed E-state index contributed by atoms with van der Waals surface area (Å²) >= 11 is 0. The van der Waals surface area contributed by atoms with Crippen LogP contribution >= 0.6 is 0 Å². The monoisotopic (exact) mass is 444 g/mol. The number of aromatic nitrogens is 2. The zero-order chi connectivity index (χ0) is 22.9. The normalized spacial score (nSPS) is 16.4. The summed E-state index contributed by atoms with van der Waals surface area (Å²) in [6.45, 7) is 3.63. The Labute approximate surface area is 190 Å². The van der Waals surface area contributed by atoms with E-state index in [0.717, 1.165) is 0 Å². The van der Waals surface area contributed by atoms with Crippen molar-refractivity contribution >= 4 is 29.7 Å². The van der Waals surface area contributed by atoms with Crippen molar-refractivity contribution in [3.63, 3.8) is 0 Å². The minimum absolute atomic E-state index is 0.0144. The number of hydrogen-bond donors (Lipinski definition) is 0. The third-order valence-electron chi connectivity index (χ3n) is 5.87. The molecular weight excluding hydrogens is 423 g/mol. The van der Waals surface area contributed by atoms with Crippen LogP contribution in [-0.2, 0) is 4.74 Å². The van der Waals surface area contributed by atoms with Crippen LogP contribution in [0.2, 0.25) is 0 Å². The van der Waals surface area contributed by atoms with Gasteiger partial charge in [0.05, 0.1) is 17.2 Å². The van der Waals surface area contributed by atoms with Crippen molar-refractivity contribution in [1.82, 2.24) is 14.9 Å². The molecular formula is C25H21FN4O3. The Hall–Kier alpha value is -4.07. The Bertz CT molecular complexity index is 1260. The molecule has 5 rings (SSSR count). The maximum atomic E-state index is 14.6. The topological polar surface area (TPSA) is 75.6 Å². The lowest BCUT2D eigenvalue weighted by Crippen LogP contribution is -2.61. The van der Waals surface area contributed by atoms with Gasteiger partial charge in [-0.05, 0) is 42.8 Å². The maximum absolute atomic E-state index is 14.6. The largest absolute Gasteiger partial charge is 0.422 e. The van der Waals surface area contributed by atoms with Gasteiger partial charge in [-0.2, -0.15) is 0 Å². The molecule has 0 radical (unpaired) electrons. The molecule has 3 aromatic rings. The molecule has 0 saturated carbocycles. The van der Waals surface area contributed by atoms with Crippen LogP contribution in [-0.4, -0.2) is 52.4 Å². The number of esters is 1. The SMILES string of the molecule is CCN(c1ncccn1)C1CN(C(=O)c2cc(C=C3OC(=O)c4ccccc43)ccc2F)C1. The van der Waals surface area contributed by atoms with Gasteiger partial charge in [-0.15, -0.1) is 0 Å². The molecule has 33 heavy (non-hydrogen) atoms. The molecule has 2 aliphatic heterocycles. The molecule has 0 unspecified atom stereocenters. The van der Waals surface area contributed by atoms with Gasteiger partial charge in [0.15, 0.2) is 0 Å². The smallest absolute Gasteiger partial charge is 0.344 e. The van der Waals surface area contributed by atoms with Crippen LogP contribution in [0.5, 0.6) is 0 Å². The van der Waals surface area contributed by atoms with E-state index in [1.165, 1.54) is 12.1 Å². The number of amides is 1. The first-order valence-electron chi connectivity index (χ1n) is 10.7. The Balaban J connectivity index is 1.33. The number of fused-ring (bicyclic) bond motifs is 1. The van der Waals surface area contributed by atoms with Crippen LogP contribution in [0.3, 0.4) is 0 Å². The van der Waals surface area contributed by atoms with E-state index in [1.807, 2.05) is 17.9 Å². The Kier molecular flexibility index (Phi) is 5.34. The molecule has 0 atom stereocenters. The highest BCUT2D eigenvalue weighted by Gasteiger charge is 2.36. The van der Waals surface area contributed by atoms with Gasteiger partial charge in [-0.3, -0.25) is 4.79 Å². The molecule has 1 fully saturated rings. The molecule has 7 nitrogen and oxygen atoms in total. The second-order valence-corrected chi connectivity index (χ2v) is 7.88. The number of carbonyl (C=O) groups excluding carboxylic acids is 2. The number of likely N-dealkylation sites (tertiary alicyclic amines) is 1. The van der Waals surface area contributed by atoms with Crippen molar-refractivity contribution in [2.24, 2.45) is 0 Å². The predicted octanol–water partition coefficient (Wildman–Crippen LogP) is 3.64. The van der Waals surface area contributed by atoms with Gasteiger partial charge in [0.1, 0.15) is 11.6 Å². The van der Waals surface area contributed by atoms with E-state index in [0.29, 0.717) is 48.0 Å². The summed E-state index contributed by atoms with van der Waals surface area (Å²) in [7, 11) is 0. The molecule has 1 saturated heterocycles. The fraction of sp³-hybridized carbons (Fsp3) is 0.200. The fourth-order valence-corrected chi connectivity index (χ4v) is 4.13. The zero-order valence-electron chi connectivity index (χ0n) is 17.9. The van der Waals surface area contributed by atoms with Gasteiger partial charge in [0.2, 0.25) is 5.95 Å². The number of ether oxygens (including phenoxy) is 1. The van der Waals surface area contributed by atoms with Crippen LogP contribution in [0.1, 0.15) is 38.8 Å². The van der Waals surface area contributed by atoms with Crippen molar-refractivity contribution in [3.05, 3.63) is 89.0 Å². The van der Waals surface area contributed by atoms with Crippen LogP contribution in [0, 0.1) is 5.82 Å². The standard InChI is InChI=1S/C25H21FN4O3/c1-2-30(25-27-10-5-11-28-25)17-14-29(15-17)23(31)20-12-16(8-9-21(20)26)13-22-18-6-3-4-7-19(18)24(32)33-22/h3-13,17H,2,14-15H2,1H3. The average molecular weight is 444 g/mol. The van der Waals surface area contributed by atoms with Gasteiger partial charge >= 0.3 is 5.97 Å². The molecule has 3 heterocycles. The van der Waals surface area contributed by atoms with E-state index in [9.17, 15) is 14.0 Å². The molecule has 166 valence electrons. The van der Waals surface area contributed by atoms with Crippen LogP contribution in [0.4, 0.5) is 10.3 Å². The van der Waals surface area contributed by atoms with Gasteiger partial charge in [-0.25, -0.2) is 19.2 Å². The Morgan fingerprint density at radius 3 is 2.61 bits per heavy atom. The van der Waals surface area contributed by atoms with Crippen molar-refractivity contribution in [1.29, 1.82) is 0 Å². The zero-order valence-corrected chi connectivity index (χ0v) is 17.9. The van der Waals surface area contributed by atoms with Gasteiger partial charge in [0, 0.05) is 37.6 Å². The molecule has 8 heteroatoms. The van der Waals surface area contributed by atoms with Gasteiger partial charge < -0.3 is 14.5 Å². The van der Waals surface area contributed by atoms with Crippen molar-refractivity contribution in [2.75, 3.05) is 24.5 Å². The second kappa shape index (κ2) is 8.46. The van der Waals surface area contributed by atoms with E-state index in [4.69, 9.17) is 4.74 Å². The first kappa shape index (κ1) is 20.8. The summed E-state index contributed by atoms with van der Waals surface area (Å²) in [6, 6.07) is 13.2. The van der Waals surface area contributed by atoms with Gasteiger partial charge in [-0.1, -0.05) is 24.3 Å². The summed E-state index contributed by atoms with van der Waals surface area (Å²) in [5, 5.41) is 0. The number of hydrogen-bond acceptors (Lipinski definition) is 6. The number of likely N-dealkylation sites (N-methyl/N-ethyl adjacent to an activating group) is 1. The highest BCUT2D eigenvalue weighted by Crippen LogP contribution is 2.31. The predicted molar refractivity (Wildman–Crippen MR) is 121 cm³/mol. The minimum Gasteiger partial charge on any atom is -0.422 e.